The number of nitrogens with zero attached hydrogens (tertiary/aromatic N) is 1. The van der Waals surface area contributed by atoms with Crippen LogP contribution in [-0.4, -0.2) is 18.0 Å². The molecule has 1 atom stereocenters. The number of alkyl halides is 3. The van der Waals surface area contributed by atoms with Gasteiger partial charge in [0.25, 0.3) is 5.91 Å². The van der Waals surface area contributed by atoms with Gasteiger partial charge in [-0.2, -0.15) is 13.2 Å². The third-order valence-corrected chi connectivity index (χ3v) is 5.62. The van der Waals surface area contributed by atoms with Gasteiger partial charge >= 0.3 is 6.18 Å². The average Bonchev–Trinajstić information content (AvgIpc) is 3.09. The summed E-state index contributed by atoms with van der Waals surface area (Å²) < 4.78 is 43.9. The van der Waals surface area contributed by atoms with Crippen LogP contribution in [0.5, 0.6) is 0 Å². The van der Waals surface area contributed by atoms with Crippen LogP contribution in [0.1, 0.15) is 38.2 Å². The van der Waals surface area contributed by atoms with E-state index in [9.17, 15) is 18.0 Å². The Morgan fingerprint density at radius 2 is 1.76 bits per heavy atom. The number of aryl methyl sites for hydroxylation is 1. The molecule has 152 valence electrons. The maximum atomic E-state index is 12.8. The maximum Gasteiger partial charge on any atom is 0.416 e. The fourth-order valence-electron chi connectivity index (χ4n) is 2.86. The molecule has 0 aliphatic heterocycles. The maximum absolute atomic E-state index is 12.8. The van der Waals surface area contributed by atoms with Gasteiger partial charge in [0.1, 0.15) is 11.1 Å². The standard InChI is InChI=1S/C20H18F3N3O2S/c1-11-17(16(28-2)12-3-5-13(6-4-12)18(27)26-24)29-19(25-11)14-7-9-15(10-8-14)20(21,22)23/h3-10,16H,24H2,1-2H3,(H,26,27). The second kappa shape index (κ2) is 8.32. The Balaban J connectivity index is 1.91. The number of benzene rings is 2. The second-order valence-corrected chi connectivity index (χ2v) is 7.29. The average molecular weight is 421 g/mol. The van der Waals surface area contributed by atoms with Crippen LogP contribution in [0.4, 0.5) is 13.2 Å². The van der Waals surface area contributed by atoms with Crippen molar-refractivity contribution in [1.29, 1.82) is 0 Å². The summed E-state index contributed by atoms with van der Waals surface area (Å²) in [5.74, 6) is 4.74. The summed E-state index contributed by atoms with van der Waals surface area (Å²) in [4.78, 5) is 16.9. The van der Waals surface area contributed by atoms with E-state index in [4.69, 9.17) is 10.6 Å². The quantitative estimate of drug-likeness (QED) is 0.362. The van der Waals surface area contributed by atoms with Crippen molar-refractivity contribution in [3.8, 4) is 10.6 Å². The first-order chi connectivity index (χ1) is 13.7. The van der Waals surface area contributed by atoms with E-state index >= 15 is 0 Å². The normalized spacial score (nSPS) is 12.6. The van der Waals surface area contributed by atoms with Gasteiger partial charge in [0.05, 0.1) is 16.1 Å². The van der Waals surface area contributed by atoms with E-state index in [1.165, 1.54) is 23.5 Å². The zero-order valence-corrected chi connectivity index (χ0v) is 16.4. The predicted octanol–water partition coefficient (Wildman–Crippen LogP) is 4.48. The molecule has 2 aromatic carbocycles. The number of rotatable bonds is 5. The van der Waals surface area contributed by atoms with Crippen molar-refractivity contribution in [3.05, 3.63) is 75.8 Å². The summed E-state index contributed by atoms with van der Waals surface area (Å²) in [6.45, 7) is 1.82. The minimum Gasteiger partial charge on any atom is -0.371 e. The summed E-state index contributed by atoms with van der Waals surface area (Å²) in [6, 6.07) is 11.7. The second-order valence-electron chi connectivity index (χ2n) is 6.26. The Bertz CT molecular complexity index is 999. The Kier molecular flexibility index (Phi) is 6.02. The molecule has 1 unspecified atom stereocenters. The van der Waals surface area contributed by atoms with E-state index in [0.29, 0.717) is 16.1 Å². The molecule has 3 N–H and O–H groups in total. The van der Waals surface area contributed by atoms with E-state index in [1.54, 1.807) is 31.4 Å². The van der Waals surface area contributed by atoms with Crippen molar-refractivity contribution in [3.63, 3.8) is 0 Å². The topological polar surface area (TPSA) is 77.2 Å². The van der Waals surface area contributed by atoms with Crippen molar-refractivity contribution >= 4 is 17.2 Å². The summed E-state index contributed by atoms with van der Waals surface area (Å²) in [5, 5.41) is 0.604. The third kappa shape index (κ3) is 4.47. The molecule has 1 heterocycles. The van der Waals surface area contributed by atoms with Gasteiger partial charge in [0.2, 0.25) is 0 Å². The summed E-state index contributed by atoms with van der Waals surface area (Å²) >= 11 is 1.35. The van der Waals surface area contributed by atoms with Crippen molar-refractivity contribution in [2.45, 2.75) is 19.2 Å². The van der Waals surface area contributed by atoms with Gasteiger partial charge < -0.3 is 4.74 Å². The summed E-state index contributed by atoms with van der Waals surface area (Å²) in [6.07, 6.45) is -4.80. The van der Waals surface area contributed by atoms with Gasteiger partial charge in [0.15, 0.2) is 0 Å². The van der Waals surface area contributed by atoms with Crippen molar-refractivity contribution in [2.75, 3.05) is 7.11 Å². The molecule has 0 saturated carbocycles. The minimum atomic E-state index is -4.38. The molecule has 1 amide bonds. The molecule has 0 radical (unpaired) electrons. The van der Waals surface area contributed by atoms with E-state index in [-0.39, 0.29) is 0 Å². The van der Waals surface area contributed by atoms with E-state index in [1.807, 2.05) is 6.92 Å². The van der Waals surface area contributed by atoms with E-state index in [2.05, 4.69) is 10.4 Å². The minimum absolute atomic E-state index is 0.399. The number of nitrogens with two attached hydrogens (primary N) is 1. The molecule has 0 aliphatic carbocycles. The lowest BCUT2D eigenvalue weighted by Gasteiger charge is -2.15. The largest absolute Gasteiger partial charge is 0.416 e. The Morgan fingerprint density at radius 3 is 2.28 bits per heavy atom. The number of carbonyl (C=O) groups is 1. The molecule has 5 nitrogen and oxygen atoms in total. The fraction of sp³-hybridized carbons (Fsp3) is 0.200. The first kappa shape index (κ1) is 21.0. The summed E-state index contributed by atoms with van der Waals surface area (Å²) in [7, 11) is 1.56. The van der Waals surface area contributed by atoms with Crippen LogP contribution in [0.15, 0.2) is 48.5 Å². The third-order valence-electron chi connectivity index (χ3n) is 4.37. The van der Waals surface area contributed by atoms with Gasteiger partial charge in [-0.05, 0) is 36.8 Å². The summed E-state index contributed by atoms with van der Waals surface area (Å²) in [5.41, 5.74) is 3.92. The lowest BCUT2D eigenvalue weighted by molar-refractivity contribution is -0.137. The van der Waals surface area contributed by atoms with Crippen LogP contribution in [0.25, 0.3) is 10.6 Å². The number of hydrogen-bond acceptors (Lipinski definition) is 5. The van der Waals surface area contributed by atoms with Gasteiger partial charge in [-0.3, -0.25) is 10.2 Å². The highest BCUT2D eigenvalue weighted by Crippen LogP contribution is 2.37. The van der Waals surface area contributed by atoms with Crippen molar-refractivity contribution in [1.82, 2.24) is 10.4 Å². The van der Waals surface area contributed by atoms with Gasteiger partial charge in [-0.15, -0.1) is 11.3 Å². The number of aromatic nitrogens is 1. The van der Waals surface area contributed by atoms with Crippen LogP contribution in [0.2, 0.25) is 0 Å². The van der Waals surface area contributed by atoms with Crippen LogP contribution in [0, 0.1) is 6.92 Å². The highest BCUT2D eigenvalue weighted by molar-refractivity contribution is 7.15. The highest BCUT2D eigenvalue weighted by Gasteiger charge is 2.30. The molecule has 0 aliphatic rings. The number of amides is 1. The monoisotopic (exact) mass is 421 g/mol. The fourth-order valence-corrected chi connectivity index (χ4v) is 4.04. The highest BCUT2D eigenvalue weighted by atomic mass is 32.1. The van der Waals surface area contributed by atoms with Crippen LogP contribution < -0.4 is 11.3 Å². The van der Waals surface area contributed by atoms with Gasteiger partial charge in [-0.1, -0.05) is 24.3 Å². The number of hydrogen-bond donors (Lipinski definition) is 2. The molecule has 0 fully saturated rings. The van der Waals surface area contributed by atoms with Crippen LogP contribution in [0.3, 0.4) is 0 Å². The number of nitrogens with one attached hydrogen (secondary N) is 1. The Hall–Kier alpha value is -2.75. The lowest BCUT2D eigenvalue weighted by Crippen LogP contribution is -2.29. The molecular weight excluding hydrogens is 403 g/mol. The molecule has 0 spiro atoms. The number of halogens is 3. The number of methoxy groups -OCH3 is 1. The zero-order valence-electron chi connectivity index (χ0n) is 15.6. The Morgan fingerprint density at radius 1 is 1.14 bits per heavy atom. The van der Waals surface area contributed by atoms with Crippen molar-refractivity contribution in [2.24, 2.45) is 5.84 Å². The molecule has 29 heavy (non-hydrogen) atoms. The molecular formula is C20H18F3N3O2S. The predicted molar refractivity (Wildman–Crippen MR) is 104 cm³/mol. The number of thiazole rings is 1. The molecule has 3 aromatic rings. The first-order valence-corrected chi connectivity index (χ1v) is 9.35. The van der Waals surface area contributed by atoms with E-state index in [0.717, 1.165) is 28.3 Å². The van der Waals surface area contributed by atoms with Crippen molar-refractivity contribution < 1.29 is 22.7 Å². The van der Waals surface area contributed by atoms with Crippen LogP contribution in [-0.2, 0) is 10.9 Å². The Labute approximate surface area is 169 Å². The smallest absolute Gasteiger partial charge is 0.371 e. The SMILES string of the molecule is COC(c1ccc(C(=O)NN)cc1)c1sc(-c2ccc(C(F)(F)F)cc2)nc1C. The van der Waals surface area contributed by atoms with Crippen LogP contribution >= 0.6 is 11.3 Å². The zero-order chi connectivity index (χ0) is 21.2. The number of ether oxygens (including phenoxy) is 1. The van der Waals surface area contributed by atoms with Gasteiger partial charge in [0, 0.05) is 18.2 Å². The molecule has 9 heteroatoms. The molecule has 3 rings (SSSR count). The van der Waals surface area contributed by atoms with E-state index < -0.39 is 23.8 Å². The molecule has 1 aromatic heterocycles. The molecule has 0 bridgehead atoms. The number of carbonyl (C=O) groups excluding carboxylic acids is 1. The first-order valence-electron chi connectivity index (χ1n) is 8.53. The van der Waals surface area contributed by atoms with Gasteiger partial charge in [-0.25, -0.2) is 10.8 Å². The number of hydrazine groups is 1. The molecule has 0 saturated heterocycles. The number of nitrogen functional groups attached to an aromatic ring is 1. The lowest BCUT2D eigenvalue weighted by atomic mass is 10.0.